The minimum Gasteiger partial charge on any atom is -0.468 e. The van der Waals surface area contributed by atoms with Crippen LogP contribution in [0.2, 0.25) is 0 Å². The fourth-order valence-electron chi connectivity index (χ4n) is 0.178. The summed E-state index contributed by atoms with van der Waals surface area (Å²) in [6.45, 7) is 0. The van der Waals surface area contributed by atoms with Gasteiger partial charge in [0, 0.05) is 5.38 Å². The third kappa shape index (κ3) is 3.51. The van der Waals surface area contributed by atoms with Gasteiger partial charge in [0.25, 0.3) is 0 Å². The lowest BCUT2D eigenvalue weighted by Gasteiger charge is -1.87. The Kier molecular flexibility index (Phi) is 4.10. The second kappa shape index (κ2) is 4.48. The van der Waals surface area contributed by atoms with E-state index < -0.39 is 0 Å². The molecule has 0 aromatic rings. The lowest BCUT2D eigenvalue weighted by atomic mass is 10.5. The Morgan fingerprint density at radius 3 is 2.88 bits per heavy atom. The van der Waals surface area contributed by atoms with E-state index in [-0.39, 0.29) is 12.4 Å². The quantitative estimate of drug-likeness (QED) is 0.389. The fourth-order valence-corrected chi connectivity index (χ4v) is 0.245. The van der Waals surface area contributed by atoms with Gasteiger partial charge in [0.15, 0.2) is 0 Å². The normalized spacial score (nSPS) is 6.75. The van der Waals surface area contributed by atoms with Crippen molar-refractivity contribution in [3.63, 3.8) is 0 Å². The summed E-state index contributed by atoms with van der Waals surface area (Å²) in [6.07, 6.45) is 0.0694. The average molecular weight is 133 g/mol. The van der Waals surface area contributed by atoms with Crippen LogP contribution in [0.5, 0.6) is 0 Å². The summed E-state index contributed by atoms with van der Waals surface area (Å²) in [6, 6.07) is 0. The lowest BCUT2D eigenvalue weighted by Crippen LogP contribution is -1.96. The van der Waals surface area contributed by atoms with Gasteiger partial charge in [0.1, 0.15) is 6.42 Å². The Balaban J connectivity index is 3.35. The largest absolute Gasteiger partial charge is 0.468 e. The van der Waals surface area contributed by atoms with Crippen molar-refractivity contribution in [2.24, 2.45) is 0 Å². The van der Waals surface area contributed by atoms with Crippen LogP contribution in [0.4, 0.5) is 0 Å². The Morgan fingerprint density at radius 2 is 2.50 bits per heavy atom. The molecule has 3 heteroatoms. The van der Waals surface area contributed by atoms with Crippen LogP contribution in [0.15, 0.2) is 0 Å². The first-order valence-corrected chi connectivity index (χ1v) is 2.34. The molecule has 0 unspecified atom stereocenters. The first-order chi connectivity index (χ1) is 3.81. The smallest absolute Gasteiger partial charge is 0.317 e. The maximum absolute atomic E-state index is 10.2. The maximum atomic E-state index is 10.2. The molecule has 0 aromatic heterocycles. The molecule has 0 aliphatic carbocycles. The van der Waals surface area contributed by atoms with Crippen LogP contribution in [0.25, 0.3) is 0 Å². The van der Waals surface area contributed by atoms with Gasteiger partial charge >= 0.3 is 5.97 Å². The number of ether oxygens (including phenoxy) is 1. The standard InChI is InChI=1S/C5H5ClO2/c1-8-5(7)3-2-4-6/h3H2,1H3. The zero-order chi connectivity index (χ0) is 6.41. The Morgan fingerprint density at radius 1 is 1.88 bits per heavy atom. The second-order valence-corrected chi connectivity index (χ2v) is 1.21. The van der Waals surface area contributed by atoms with E-state index >= 15 is 0 Å². The summed E-state index contributed by atoms with van der Waals surface area (Å²) < 4.78 is 4.25. The van der Waals surface area contributed by atoms with Crippen molar-refractivity contribution in [3.05, 3.63) is 0 Å². The molecule has 0 amide bonds. The molecule has 0 atom stereocenters. The third-order valence-electron chi connectivity index (χ3n) is 0.527. The molecule has 0 spiro atoms. The summed E-state index contributed by atoms with van der Waals surface area (Å²) in [5, 5.41) is 2.05. The van der Waals surface area contributed by atoms with Gasteiger partial charge < -0.3 is 4.74 Å². The Labute approximate surface area is 52.8 Å². The van der Waals surface area contributed by atoms with E-state index in [2.05, 4.69) is 16.0 Å². The molecule has 0 heterocycles. The molecule has 0 aromatic carbocycles. The van der Waals surface area contributed by atoms with Gasteiger partial charge in [-0.3, -0.25) is 4.79 Å². The molecule has 8 heavy (non-hydrogen) atoms. The van der Waals surface area contributed by atoms with Crippen molar-refractivity contribution in [2.45, 2.75) is 6.42 Å². The van der Waals surface area contributed by atoms with E-state index in [0.29, 0.717) is 0 Å². The highest BCUT2D eigenvalue weighted by Gasteiger charge is 1.91. The number of hydrogen-bond donors (Lipinski definition) is 0. The topological polar surface area (TPSA) is 26.3 Å². The van der Waals surface area contributed by atoms with Gasteiger partial charge in [0.2, 0.25) is 0 Å². The summed E-state index contributed by atoms with van der Waals surface area (Å²) in [7, 11) is 1.30. The first-order valence-electron chi connectivity index (χ1n) is 1.96. The first kappa shape index (κ1) is 7.32. The average Bonchev–Trinajstić information content (AvgIpc) is 1.83. The van der Waals surface area contributed by atoms with Gasteiger partial charge in [-0.25, -0.2) is 0 Å². The van der Waals surface area contributed by atoms with Gasteiger partial charge in [-0.1, -0.05) is 5.92 Å². The molecule has 0 aliphatic heterocycles. The van der Waals surface area contributed by atoms with Crippen LogP contribution in [0.3, 0.4) is 0 Å². The molecular weight excluding hydrogens is 128 g/mol. The zero-order valence-electron chi connectivity index (χ0n) is 4.40. The van der Waals surface area contributed by atoms with Gasteiger partial charge in [-0.2, -0.15) is 0 Å². The van der Waals surface area contributed by atoms with E-state index in [0.717, 1.165) is 0 Å². The molecule has 0 saturated heterocycles. The molecule has 0 fully saturated rings. The fraction of sp³-hybridized carbons (Fsp3) is 0.400. The number of methoxy groups -OCH3 is 1. The van der Waals surface area contributed by atoms with Gasteiger partial charge in [0.05, 0.1) is 7.11 Å². The van der Waals surface area contributed by atoms with Crippen molar-refractivity contribution >= 4 is 17.6 Å². The van der Waals surface area contributed by atoms with Gasteiger partial charge in [-0.15, -0.1) is 0 Å². The van der Waals surface area contributed by atoms with Gasteiger partial charge in [-0.05, 0) is 11.6 Å². The zero-order valence-corrected chi connectivity index (χ0v) is 5.16. The Hall–Kier alpha value is -0.680. The van der Waals surface area contributed by atoms with E-state index in [1.165, 1.54) is 7.11 Å². The SMILES string of the molecule is COC(=O)CC#CCl. The predicted molar refractivity (Wildman–Crippen MR) is 30.3 cm³/mol. The van der Waals surface area contributed by atoms with E-state index in [9.17, 15) is 4.79 Å². The number of esters is 1. The van der Waals surface area contributed by atoms with Crippen LogP contribution in [0, 0.1) is 11.3 Å². The second-order valence-electron chi connectivity index (χ2n) is 1.02. The van der Waals surface area contributed by atoms with E-state index in [1.807, 2.05) is 0 Å². The number of hydrogen-bond acceptors (Lipinski definition) is 2. The summed E-state index contributed by atoms with van der Waals surface area (Å²) in [5.74, 6) is 1.98. The molecule has 2 nitrogen and oxygen atoms in total. The maximum Gasteiger partial charge on any atom is 0.317 e. The van der Waals surface area contributed by atoms with Crippen LogP contribution in [0.1, 0.15) is 6.42 Å². The van der Waals surface area contributed by atoms with Crippen LogP contribution < -0.4 is 0 Å². The molecule has 0 rings (SSSR count). The van der Waals surface area contributed by atoms with Crippen molar-refractivity contribution in [1.82, 2.24) is 0 Å². The summed E-state index contributed by atoms with van der Waals surface area (Å²) in [5.41, 5.74) is 0. The van der Waals surface area contributed by atoms with Crippen molar-refractivity contribution in [2.75, 3.05) is 7.11 Å². The number of carbonyl (C=O) groups is 1. The molecular formula is C5H5ClO2. The highest BCUT2D eigenvalue weighted by molar-refractivity contribution is 6.30. The summed E-state index contributed by atoms with van der Waals surface area (Å²) in [4.78, 5) is 10.2. The van der Waals surface area contributed by atoms with Crippen LogP contribution in [-0.4, -0.2) is 13.1 Å². The van der Waals surface area contributed by atoms with E-state index in [1.54, 1.807) is 0 Å². The number of rotatable bonds is 1. The van der Waals surface area contributed by atoms with Crippen LogP contribution in [-0.2, 0) is 9.53 Å². The molecule has 0 bridgehead atoms. The summed E-state index contributed by atoms with van der Waals surface area (Å²) >= 11 is 4.93. The minimum absolute atomic E-state index is 0.0694. The molecule has 44 valence electrons. The highest BCUT2D eigenvalue weighted by Crippen LogP contribution is 1.79. The van der Waals surface area contributed by atoms with Crippen molar-refractivity contribution in [3.8, 4) is 11.3 Å². The Bertz CT molecular complexity index is 131. The number of carbonyl (C=O) groups excluding carboxylic acids is 1. The van der Waals surface area contributed by atoms with Crippen molar-refractivity contribution in [1.29, 1.82) is 0 Å². The highest BCUT2D eigenvalue weighted by atomic mass is 35.5. The van der Waals surface area contributed by atoms with Crippen molar-refractivity contribution < 1.29 is 9.53 Å². The molecule has 0 saturated carbocycles. The monoisotopic (exact) mass is 132 g/mol. The minimum atomic E-state index is -0.363. The molecule has 0 N–H and O–H groups in total. The van der Waals surface area contributed by atoms with E-state index in [4.69, 9.17) is 11.6 Å². The molecule has 0 radical (unpaired) electrons. The number of halogens is 1. The molecule has 0 aliphatic rings. The predicted octanol–water partition coefficient (Wildman–Crippen LogP) is 0.749. The lowest BCUT2D eigenvalue weighted by molar-refractivity contribution is -0.139. The third-order valence-corrected chi connectivity index (χ3v) is 0.661. The van der Waals surface area contributed by atoms with Crippen LogP contribution >= 0.6 is 11.6 Å².